The minimum absolute atomic E-state index is 0.0480. The molecule has 8 bridgehead atoms. The molecule has 0 saturated heterocycles. The Labute approximate surface area is 235 Å². The summed E-state index contributed by atoms with van der Waals surface area (Å²) in [6, 6.07) is 21.3. The molecule has 2 aromatic carbocycles. The number of imidazole rings is 2. The molecule has 204 valence electrons. The Morgan fingerprint density at radius 3 is 1.88 bits per heavy atom. The number of H-pyrrole nitrogens is 2. The second-order valence-electron chi connectivity index (χ2n) is 12.1. The molecule has 3 N–H and O–H groups in total. The lowest BCUT2D eigenvalue weighted by atomic mass is 9.88. The molecule has 0 spiro atoms. The number of likely N-dealkylation sites (N-methyl/N-ethyl adjacent to an activating group) is 1. The van der Waals surface area contributed by atoms with E-state index in [0.29, 0.717) is 6.42 Å². The minimum Gasteiger partial charge on any atom is -0.363 e. The van der Waals surface area contributed by atoms with Crippen LogP contribution in [0.2, 0.25) is 0 Å². The van der Waals surface area contributed by atoms with Gasteiger partial charge in [-0.25, -0.2) is 9.97 Å². The van der Waals surface area contributed by atoms with E-state index in [9.17, 15) is 0 Å². The van der Waals surface area contributed by atoms with Crippen LogP contribution in [0.15, 0.2) is 96.9 Å². The van der Waals surface area contributed by atoms with Crippen molar-refractivity contribution in [3.05, 3.63) is 120 Å². The summed E-state index contributed by atoms with van der Waals surface area (Å²) in [5.41, 5.74) is 5.99. The van der Waals surface area contributed by atoms with Gasteiger partial charge in [0.15, 0.2) is 0 Å². The number of anilines is 2. The number of rotatable bonds is 2. The first-order valence-corrected chi connectivity index (χ1v) is 13.9. The molecule has 5 heterocycles. The fourth-order valence-corrected chi connectivity index (χ4v) is 6.29. The molecule has 8 heteroatoms. The first kappa shape index (κ1) is 24.6. The van der Waals surface area contributed by atoms with Crippen LogP contribution in [-0.2, 0) is 17.3 Å². The third kappa shape index (κ3) is 3.73. The van der Waals surface area contributed by atoms with E-state index in [4.69, 9.17) is 9.97 Å². The van der Waals surface area contributed by atoms with Gasteiger partial charge in [-0.2, -0.15) is 0 Å². The molecule has 2 atom stereocenters. The summed E-state index contributed by atoms with van der Waals surface area (Å²) in [6.45, 7) is 8.96. The van der Waals surface area contributed by atoms with Gasteiger partial charge in [0.25, 0.3) is 0 Å². The fourth-order valence-electron chi connectivity index (χ4n) is 6.29. The predicted molar refractivity (Wildman–Crippen MR) is 159 cm³/mol. The highest BCUT2D eigenvalue weighted by atomic mass is 15.5. The maximum Gasteiger partial charge on any atom is 0.145 e. The predicted octanol–water partition coefficient (Wildman–Crippen LogP) is 5.19. The van der Waals surface area contributed by atoms with Crippen LogP contribution in [0.1, 0.15) is 50.7 Å². The molecule has 0 amide bonds. The Morgan fingerprint density at radius 1 is 0.725 bits per heavy atom. The van der Waals surface area contributed by atoms with E-state index in [-0.39, 0.29) is 23.2 Å². The summed E-state index contributed by atoms with van der Waals surface area (Å²) in [5.74, 6) is 1.88. The summed E-state index contributed by atoms with van der Waals surface area (Å²) < 4.78 is 0. The molecule has 0 radical (unpaired) electrons. The standard InChI is InChI=1S/C32H36N8/c1-31(2)25-19-39(23-12-8-6-9-13-23)27(37-25)28-38(5)26(20-40(28)24-14-10-7-11-15-24)32(3,4)30-34-18-22(36-30)16-21-17-33-29(31)35-21/h6-15,17-20,27-28,37H,16H2,1-5H3,(H,33,35)(H,34,36). The van der Waals surface area contributed by atoms with E-state index >= 15 is 0 Å². The molecule has 8 nitrogen and oxygen atoms in total. The zero-order valence-corrected chi connectivity index (χ0v) is 23.7. The Balaban J connectivity index is 1.44. The zero-order valence-electron chi connectivity index (χ0n) is 23.7. The molecule has 0 fully saturated rings. The fraction of sp³-hybridized carbons (Fsp3) is 0.312. The van der Waals surface area contributed by atoms with Gasteiger partial charge in [-0.05, 0) is 52.0 Å². The molecular weight excluding hydrogens is 496 g/mol. The smallest absolute Gasteiger partial charge is 0.145 e. The van der Waals surface area contributed by atoms with E-state index in [1.54, 1.807) is 0 Å². The number of nitrogens with one attached hydrogen (secondary N) is 3. The van der Waals surface area contributed by atoms with Gasteiger partial charge in [-0.15, -0.1) is 0 Å². The van der Waals surface area contributed by atoms with Crippen LogP contribution in [0.3, 0.4) is 0 Å². The molecule has 7 rings (SSSR count). The lowest BCUT2D eigenvalue weighted by Crippen LogP contribution is -2.58. The first-order chi connectivity index (χ1) is 19.2. The largest absolute Gasteiger partial charge is 0.363 e. The number of allylic oxidation sites excluding steroid dienone is 2. The van der Waals surface area contributed by atoms with E-state index < -0.39 is 0 Å². The lowest BCUT2D eigenvalue weighted by molar-refractivity contribution is 0.246. The van der Waals surface area contributed by atoms with Crippen LogP contribution in [0.25, 0.3) is 0 Å². The van der Waals surface area contributed by atoms with Gasteiger partial charge in [0.1, 0.15) is 24.0 Å². The number of hydrogen-bond acceptors (Lipinski definition) is 6. The van der Waals surface area contributed by atoms with Crippen LogP contribution in [-0.4, -0.2) is 44.2 Å². The van der Waals surface area contributed by atoms with Crippen molar-refractivity contribution in [2.45, 2.75) is 57.3 Å². The maximum atomic E-state index is 4.88. The Kier molecular flexibility index (Phi) is 5.39. The lowest BCUT2D eigenvalue weighted by Gasteiger charge is -2.42. The molecule has 40 heavy (non-hydrogen) atoms. The van der Waals surface area contributed by atoms with Crippen LogP contribution in [0.5, 0.6) is 0 Å². The highest BCUT2D eigenvalue weighted by Gasteiger charge is 2.48. The number of fused-ring (bicyclic) bond motifs is 9. The number of nitrogens with zero attached hydrogens (tertiary/aromatic N) is 5. The van der Waals surface area contributed by atoms with Crippen molar-refractivity contribution in [2.24, 2.45) is 0 Å². The quantitative estimate of drug-likeness (QED) is 0.330. The van der Waals surface area contributed by atoms with Crippen molar-refractivity contribution < 1.29 is 0 Å². The van der Waals surface area contributed by atoms with Gasteiger partial charge in [0, 0.05) is 72.4 Å². The highest BCUT2D eigenvalue weighted by Crippen LogP contribution is 2.43. The number of para-hydroxylation sites is 2. The number of hydrogen-bond donors (Lipinski definition) is 3. The maximum absolute atomic E-state index is 4.88. The van der Waals surface area contributed by atoms with Gasteiger partial charge in [0.05, 0.1) is 10.8 Å². The van der Waals surface area contributed by atoms with Gasteiger partial charge < -0.3 is 30.0 Å². The average Bonchev–Trinajstić information content (AvgIpc) is 3.75. The van der Waals surface area contributed by atoms with E-state index in [2.05, 4.69) is 138 Å². The van der Waals surface area contributed by atoms with Crippen molar-refractivity contribution in [1.29, 1.82) is 0 Å². The Morgan fingerprint density at radius 2 is 1.27 bits per heavy atom. The van der Waals surface area contributed by atoms with E-state index in [1.165, 1.54) is 5.70 Å². The summed E-state index contributed by atoms with van der Waals surface area (Å²) in [6.07, 6.45) is 9.07. The number of aromatic amines is 2. The molecule has 4 aromatic rings. The van der Waals surface area contributed by atoms with Crippen molar-refractivity contribution in [2.75, 3.05) is 16.8 Å². The normalized spacial score (nSPS) is 22.8. The number of benzene rings is 2. The molecule has 3 aliphatic heterocycles. The van der Waals surface area contributed by atoms with Gasteiger partial charge in [0.2, 0.25) is 0 Å². The Bertz CT molecular complexity index is 1590. The summed E-state index contributed by atoms with van der Waals surface area (Å²) in [5, 5.41) is 3.97. The minimum atomic E-state index is -0.371. The molecular formula is C32H36N8. The Hall–Kier alpha value is -4.46. The van der Waals surface area contributed by atoms with Gasteiger partial charge in [-0.3, -0.25) is 0 Å². The topological polar surface area (TPSA) is 79.1 Å². The van der Waals surface area contributed by atoms with Crippen LogP contribution >= 0.6 is 0 Å². The summed E-state index contributed by atoms with van der Waals surface area (Å²) >= 11 is 0. The monoisotopic (exact) mass is 532 g/mol. The summed E-state index contributed by atoms with van der Waals surface area (Å²) in [7, 11) is 2.20. The van der Waals surface area contributed by atoms with Crippen molar-refractivity contribution >= 4 is 11.4 Å². The first-order valence-electron chi connectivity index (χ1n) is 13.9. The van der Waals surface area contributed by atoms with Crippen LogP contribution < -0.4 is 15.1 Å². The van der Waals surface area contributed by atoms with Crippen LogP contribution in [0, 0.1) is 0 Å². The van der Waals surface area contributed by atoms with E-state index in [0.717, 1.165) is 40.1 Å². The molecule has 2 unspecified atom stereocenters. The van der Waals surface area contributed by atoms with Gasteiger partial charge in [-0.1, -0.05) is 36.4 Å². The SMILES string of the molecule is CN1C2=CN(c3ccccc3)C1C1NC(=CN1c1ccccc1)C(C)(C)c1ncc([nH]1)Cc1cnc([nH]1)C2(C)C. The second kappa shape index (κ2) is 8.78. The summed E-state index contributed by atoms with van der Waals surface area (Å²) in [4.78, 5) is 24.2. The van der Waals surface area contributed by atoms with Crippen molar-refractivity contribution in [3.8, 4) is 0 Å². The molecule has 0 saturated carbocycles. The van der Waals surface area contributed by atoms with Crippen molar-refractivity contribution in [1.82, 2.24) is 30.2 Å². The zero-order chi connectivity index (χ0) is 27.6. The average molecular weight is 533 g/mol. The van der Waals surface area contributed by atoms with Crippen molar-refractivity contribution in [3.63, 3.8) is 0 Å². The van der Waals surface area contributed by atoms with Gasteiger partial charge >= 0.3 is 0 Å². The molecule has 0 aliphatic carbocycles. The highest BCUT2D eigenvalue weighted by molar-refractivity contribution is 5.59. The third-order valence-corrected chi connectivity index (χ3v) is 8.72. The van der Waals surface area contributed by atoms with Crippen LogP contribution in [0.4, 0.5) is 11.4 Å². The molecule has 2 aromatic heterocycles. The van der Waals surface area contributed by atoms with E-state index in [1.807, 2.05) is 12.4 Å². The third-order valence-electron chi connectivity index (χ3n) is 8.72. The number of aromatic nitrogens is 4. The second-order valence-corrected chi connectivity index (χ2v) is 12.1. The molecule has 3 aliphatic rings.